The molecule has 372 valence electrons. The van der Waals surface area contributed by atoms with E-state index in [1.54, 1.807) is 0 Å². The third-order valence-corrected chi connectivity index (χ3v) is 11.7. The molecule has 0 saturated heterocycles. The van der Waals surface area contributed by atoms with Crippen molar-refractivity contribution in [2.75, 3.05) is 26.4 Å². The fourth-order valence-electron chi connectivity index (χ4n) is 8.37. The highest BCUT2D eigenvalue weighted by atomic mass is 19.2. The van der Waals surface area contributed by atoms with Crippen LogP contribution >= 0.6 is 0 Å². The maximum Gasteiger partial charge on any atom is 0.204 e. The maximum absolute atomic E-state index is 16.6. The number of hydrogen-bond acceptors (Lipinski definition) is 12. The van der Waals surface area contributed by atoms with E-state index in [-0.39, 0.29) is 61.7 Å². The molecule has 4 atom stereocenters. The number of phenols is 2. The number of aromatic amines is 2. The van der Waals surface area contributed by atoms with E-state index in [9.17, 15) is 40.9 Å². The van der Waals surface area contributed by atoms with Gasteiger partial charge in [-0.15, -0.1) is 0 Å². The molecule has 22 heteroatoms. The number of phenolic OH excluding ortho intramolecular Hbond substituents is 2. The standard InChI is InChI=1S/C50H36F8N4O10/c51-37-35(38(52)42(56)49(41(37)55)71-17-23(67)15-63)33-28-10-7-25(59-28)31(19-3-1-5-21(65)13-19)26-8-12-30(60-26)34(36-39(53)43(57)50(44(58)40(36)54)72-18-24(68)16-64)46-48(70)47(69)45(62-46)32(27-9-11-29(33)61-27)20-4-2-6-22(66)14-20/h1-14,23-24,47-48,60-61,63-70H,15-18H2/t23?,24?,47-,48?/m0/s1. The first-order valence-corrected chi connectivity index (χ1v) is 21.4. The Morgan fingerprint density at radius 2 is 0.847 bits per heavy atom. The number of aromatic nitrogens is 4. The number of hydrogen-bond donors (Lipinski definition) is 10. The van der Waals surface area contributed by atoms with Gasteiger partial charge in [-0.3, -0.25) is 4.98 Å². The number of aromatic hydroxyl groups is 2. The Kier molecular flexibility index (Phi) is 13.2. The molecule has 2 aliphatic rings. The molecule has 0 spiro atoms. The largest absolute Gasteiger partial charge is 0.508 e. The van der Waals surface area contributed by atoms with Crippen LogP contribution in [0.4, 0.5) is 35.1 Å². The Balaban J connectivity index is 1.47. The van der Waals surface area contributed by atoms with Crippen LogP contribution in [-0.4, -0.2) is 99.4 Å². The zero-order valence-electron chi connectivity index (χ0n) is 36.5. The molecule has 7 aromatic rings. The smallest absolute Gasteiger partial charge is 0.204 e. The number of nitrogens with one attached hydrogen (secondary N) is 2. The number of ether oxygens (including phenoxy) is 2. The fraction of sp³-hybridized carbons (Fsp3) is 0.160. The lowest BCUT2D eigenvalue weighted by Gasteiger charge is -2.16. The van der Waals surface area contributed by atoms with Crippen molar-refractivity contribution in [3.8, 4) is 67.5 Å². The van der Waals surface area contributed by atoms with Gasteiger partial charge in [-0.1, -0.05) is 24.3 Å². The van der Waals surface area contributed by atoms with Gasteiger partial charge in [0.1, 0.15) is 49.1 Å². The Morgan fingerprint density at radius 3 is 1.29 bits per heavy atom. The highest BCUT2D eigenvalue weighted by molar-refractivity contribution is 5.98. The molecule has 0 aliphatic carbocycles. The van der Waals surface area contributed by atoms with Gasteiger partial charge in [0.15, 0.2) is 34.8 Å². The zero-order valence-corrected chi connectivity index (χ0v) is 36.5. The van der Waals surface area contributed by atoms with Crippen molar-refractivity contribution in [2.45, 2.75) is 24.4 Å². The molecule has 0 fully saturated rings. The van der Waals surface area contributed by atoms with Crippen molar-refractivity contribution in [1.82, 2.24) is 19.9 Å². The summed E-state index contributed by atoms with van der Waals surface area (Å²) in [7, 11) is 0. The number of aliphatic hydroxyl groups excluding tert-OH is 6. The van der Waals surface area contributed by atoms with Crippen molar-refractivity contribution >= 4 is 34.2 Å². The minimum Gasteiger partial charge on any atom is -0.508 e. The van der Waals surface area contributed by atoms with Gasteiger partial charge < -0.3 is 60.3 Å². The van der Waals surface area contributed by atoms with Gasteiger partial charge >= 0.3 is 0 Å². The predicted molar refractivity (Wildman–Crippen MR) is 242 cm³/mol. The van der Waals surface area contributed by atoms with Crippen molar-refractivity contribution in [2.24, 2.45) is 0 Å². The fourth-order valence-corrected chi connectivity index (χ4v) is 8.37. The van der Waals surface area contributed by atoms with Gasteiger partial charge in [0.2, 0.25) is 23.3 Å². The lowest BCUT2D eigenvalue weighted by atomic mass is 9.96. The first-order chi connectivity index (χ1) is 34.4. The van der Waals surface area contributed by atoms with Crippen LogP contribution in [0.1, 0.15) is 35.0 Å². The molecule has 0 saturated carbocycles. The van der Waals surface area contributed by atoms with E-state index in [1.165, 1.54) is 72.8 Å². The molecular formula is C50H36F8N4O10. The van der Waals surface area contributed by atoms with E-state index in [2.05, 4.69) is 19.9 Å². The minimum absolute atomic E-state index is 0.00365. The molecule has 8 bridgehead atoms. The first-order valence-electron chi connectivity index (χ1n) is 21.4. The molecule has 9 rings (SSSR count). The van der Waals surface area contributed by atoms with Crippen LogP contribution in [0.2, 0.25) is 0 Å². The zero-order chi connectivity index (χ0) is 51.4. The number of nitrogens with zero attached hydrogens (tertiary/aromatic N) is 2. The maximum atomic E-state index is 16.6. The summed E-state index contributed by atoms with van der Waals surface area (Å²) >= 11 is 0. The van der Waals surface area contributed by atoms with Gasteiger partial charge in [-0.2, -0.15) is 17.6 Å². The Hall–Kier alpha value is -7.86. The average Bonchev–Trinajstić information content (AvgIpc) is 4.20. The van der Waals surface area contributed by atoms with Gasteiger partial charge in [-0.05, 0) is 71.8 Å². The van der Waals surface area contributed by atoms with Crippen LogP contribution in [0.5, 0.6) is 23.0 Å². The highest BCUT2D eigenvalue weighted by Gasteiger charge is 2.38. The Labute approximate surface area is 399 Å². The highest BCUT2D eigenvalue weighted by Crippen LogP contribution is 2.48. The first kappa shape index (κ1) is 49.1. The van der Waals surface area contributed by atoms with E-state index in [4.69, 9.17) is 9.47 Å². The molecule has 0 amide bonds. The van der Waals surface area contributed by atoms with Crippen LogP contribution in [-0.2, 0) is 0 Å². The average molecular weight is 1000 g/mol. The molecule has 3 aromatic heterocycles. The van der Waals surface area contributed by atoms with Crippen LogP contribution in [0.3, 0.4) is 0 Å². The van der Waals surface area contributed by atoms with Crippen LogP contribution in [0.15, 0.2) is 72.8 Å². The molecule has 0 radical (unpaired) electrons. The van der Waals surface area contributed by atoms with Gasteiger partial charge in [-0.25, -0.2) is 22.5 Å². The second kappa shape index (κ2) is 19.4. The van der Waals surface area contributed by atoms with Gasteiger partial charge in [0.25, 0.3) is 0 Å². The Bertz CT molecular complexity index is 3470. The molecule has 5 heterocycles. The van der Waals surface area contributed by atoms with Crippen molar-refractivity contribution in [3.05, 3.63) is 142 Å². The van der Waals surface area contributed by atoms with Gasteiger partial charge in [0.05, 0.1) is 47.1 Å². The number of benzene rings is 4. The van der Waals surface area contributed by atoms with Crippen molar-refractivity contribution in [1.29, 1.82) is 0 Å². The summed E-state index contributed by atoms with van der Waals surface area (Å²) < 4.78 is 140. The number of halogens is 8. The molecular weight excluding hydrogens is 969 g/mol. The van der Waals surface area contributed by atoms with E-state index >= 15 is 35.1 Å². The predicted octanol–water partition coefficient (Wildman–Crippen LogP) is 7.91. The number of H-pyrrole nitrogens is 2. The minimum atomic E-state index is -2.30. The SMILES string of the molecule is OCC(O)COc1c(F)c(F)c(-c2c3nc(c(-c4cccc(O)c4)c4ccc([nH]4)c(-c4c(F)c(F)c(OCC(O)CO)c(F)c4F)c4nc(c(-c5cccc(O)c5)c5ccc2[nH]5)[C@H](O)C4O)C=C3)c(F)c1F. The molecule has 14 nitrogen and oxygen atoms in total. The number of aliphatic hydroxyl groups is 6. The third kappa shape index (κ3) is 8.52. The van der Waals surface area contributed by atoms with Crippen LogP contribution in [0.25, 0.3) is 78.7 Å². The summed E-state index contributed by atoms with van der Waals surface area (Å²) in [5.74, 6) is -20.4. The van der Waals surface area contributed by atoms with E-state index in [1.807, 2.05) is 0 Å². The molecule has 2 aliphatic heterocycles. The molecule has 10 N–H and O–H groups in total. The van der Waals surface area contributed by atoms with Gasteiger partial charge in [0, 0.05) is 44.3 Å². The quantitative estimate of drug-likeness (QED) is 0.0415. The normalized spacial score (nSPS) is 15.2. The summed E-state index contributed by atoms with van der Waals surface area (Å²) in [6, 6.07) is 15.3. The second-order valence-electron chi connectivity index (χ2n) is 16.4. The van der Waals surface area contributed by atoms with Crippen LogP contribution < -0.4 is 9.47 Å². The molecule has 72 heavy (non-hydrogen) atoms. The molecule has 4 aromatic carbocycles. The van der Waals surface area contributed by atoms with Crippen molar-refractivity contribution < 1.29 is 85.4 Å². The van der Waals surface area contributed by atoms with Crippen LogP contribution in [0, 0.1) is 46.5 Å². The summed E-state index contributed by atoms with van der Waals surface area (Å²) in [6.45, 7) is -3.87. The topological polar surface area (TPSA) is 238 Å². The summed E-state index contributed by atoms with van der Waals surface area (Å²) in [6.07, 6.45) is -5.43. The molecule has 3 unspecified atom stereocenters. The summed E-state index contributed by atoms with van der Waals surface area (Å²) in [5.41, 5.74) is -7.33. The van der Waals surface area contributed by atoms with E-state index < -0.39 is 148 Å². The second-order valence-corrected chi connectivity index (χ2v) is 16.4. The Morgan fingerprint density at radius 1 is 0.472 bits per heavy atom. The van der Waals surface area contributed by atoms with E-state index in [0.717, 1.165) is 12.1 Å². The third-order valence-electron chi connectivity index (χ3n) is 11.7. The van der Waals surface area contributed by atoms with Crippen molar-refractivity contribution in [3.63, 3.8) is 0 Å². The lowest BCUT2D eigenvalue weighted by Crippen LogP contribution is -2.22. The summed E-state index contributed by atoms with van der Waals surface area (Å²) in [5, 5.41) is 83.0. The monoisotopic (exact) mass is 1000 g/mol. The summed E-state index contributed by atoms with van der Waals surface area (Å²) in [4.78, 5) is 14.8. The number of rotatable bonds is 12. The number of fused-ring (bicyclic) bond motifs is 8. The van der Waals surface area contributed by atoms with E-state index in [0.29, 0.717) is 0 Å². The lowest BCUT2D eigenvalue weighted by molar-refractivity contribution is 0.0259.